The third kappa shape index (κ3) is 73.5. The van der Waals surface area contributed by atoms with Gasteiger partial charge in [0.15, 0.2) is 12.2 Å². The fraction of sp³-hybridized carbons (Fsp3) is 0.687. The molecule has 0 saturated carbocycles. The summed E-state index contributed by atoms with van der Waals surface area (Å²) in [5.41, 5.74) is 0. The number of hydrogen-bond acceptors (Lipinski definition) is 15. The van der Waals surface area contributed by atoms with E-state index in [0.29, 0.717) is 32.1 Å². The number of allylic oxidation sites excluding steroid dienone is 22. The Morgan fingerprint density at radius 3 is 0.863 bits per heavy atom. The molecule has 0 aromatic heterocycles. The summed E-state index contributed by atoms with van der Waals surface area (Å²) in [5, 5.41) is 10.6. The molecule has 0 aliphatic carbocycles. The van der Waals surface area contributed by atoms with E-state index in [4.69, 9.17) is 37.0 Å². The Labute approximate surface area is 618 Å². The molecule has 0 amide bonds. The first-order valence-corrected chi connectivity index (χ1v) is 42.4. The Morgan fingerprint density at radius 2 is 0.529 bits per heavy atom. The predicted molar refractivity (Wildman–Crippen MR) is 418 cm³/mol. The van der Waals surface area contributed by atoms with Crippen LogP contribution in [0.5, 0.6) is 0 Å². The molecule has 0 rings (SSSR count). The summed E-state index contributed by atoms with van der Waals surface area (Å²) in [7, 11) is -9.98. The fourth-order valence-corrected chi connectivity index (χ4v) is 11.8. The van der Waals surface area contributed by atoms with Crippen LogP contribution in [0, 0.1) is 0 Å². The average Bonchev–Trinajstić information content (AvgIpc) is 0.908. The van der Waals surface area contributed by atoms with Gasteiger partial charge < -0.3 is 33.8 Å². The second-order valence-electron chi connectivity index (χ2n) is 25.9. The van der Waals surface area contributed by atoms with Gasteiger partial charge in [0.25, 0.3) is 0 Å². The lowest BCUT2D eigenvalue weighted by atomic mass is 10.0. The molecule has 0 aromatic rings. The Hall–Kier alpha value is -4.80. The highest BCUT2D eigenvalue weighted by Gasteiger charge is 2.30. The molecule has 584 valence electrons. The van der Waals surface area contributed by atoms with Gasteiger partial charge in [0.2, 0.25) is 0 Å². The lowest BCUT2D eigenvalue weighted by Gasteiger charge is -2.21. The molecule has 102 heavy (non-hydrogen) atoms. The number of hydrogen-bond donors (Lipinski definition) is 3. The lowest BCUT2D eigenvalue weighted by Crippen LogP contribution is -2.30. The zero-order valence-corrected chi connectivity index (χ0v) is 65.5. The monoisotopic (exact) mass is 1470 g/mol. The summed E-state index contributed by atoms with van der Waals surface area (Å²) in [4.78, 5) is 72.9. The molecule has 3 N–H and O–H groups in total. The smallest absolute Gasteiger partial charge is 0.462 e. The van der Waals surface area contributed by atoms with Gasteiger partial charge in [0.05, 0.1) is 26.4 Å². The second kappa shape index (κ2) is 74.5. The quantitative estimate of drug-likeness (QED) is 0.0169. The maximum absolute atomic E-state index is 13.1. The molecule has 17 nitrogen and oxygen atoms in total. The Morgan fingerprint density at radius 1 is 0.284 bits per heavy atom. The van der Waals surface area contributed by atoms with Crippen LogP contribution < -0.4 is 0 Å². The zero-order valence-electron chi connectivity index (χ0n) is 63.7. The molecule has 0 fully saturated rings. The minimum absolute atomic E-state index is 0.0349. The van der Waals surface area contributed by atoms with Crippen LogP contribution in [0.25, 0.3) is 0 Å². The number of carbonyl (C=O) groups is 4. The van der Waals surface area contributed by atoms with Gasteiger partial charge in [0, 0.05) is 25.7 Å². The average molecular weight is 1470 g/mol. The number of rotatable bonds is 73. The molecule has 5 atom stereocenters. The van der Waals surface area contributed by atoms with E-state index in [9.17, 15) is 43.2 Å². The normalized spacial score (nSPS) is 14.6. The molecule has 0 bridgehead atoms. The largest absolute Gasteiger partial charge is 0.472 e. The van der Waals surface area contributed by atoms with E-state index in [1.54, 1.807) is 0 Å². The highest BCUT2D eigenvalue weighted by atomic mass is 31.2. The number of carbonyl (C=O) groups excluding carboxylic acids is 4. The summed E-state index contributed by atoms with van der Waals surface area (Å²) in [6.45, 7) is 4.51. The van der Waals surface area contributed by atoms with Crippen LogP contribution >= 0.6 is 15.6 Å². The molecular weight excluding hydrogens is 1330 g/mol. The molecule has 0 radical (unpaired) electrons. The van der Waals surface area contributed by atoms with Gasteiger partial charge in [-0.2, -0.15) is 0 Å². The highest BCUT2D eigenvalue weighted by molar-refractivity contribution is 7.47. The van der Waals surface area contributed by atoms with Crippen LogP contribution in [-0.4, -0.2) is 96.7 Å². The maximum Gasteiger partial charge on any atom is 0.472 e. The van der Waals surface area contributed by atoms with Crippen molar-refractivity contribution in [2.45, 2.75) is 329 Å². The minimum atomic E-state index is -4.99. The van der Waals surface area contributed by atoms with Crippen molar-refractivity contribution in [2.75, 3.05) is 39.6 Å². The third-order valence-corrected chi connectivity index (χ3v) is 18.0. The predicted octanol–water partition coefficient (Wildman–Crippen LogP) is 22.9. The first-order chi connectivity index (χ1) is 49.7. The summed E-state index contributed by atoms with van der Waals surface area (Å²) in [5.74, 6) is -2.30. The van der Waals surface area contributed by atoms with Crippen LogP contribution in [-0.2, 0) is 65.4 Å². The molecule has 0 spiro atoms. The Kier molecular flexibility index (Phi) is 71.0. The third-order valence-electron chi connectivity index (χ3n) is 16.1. The topological polar surface area (TPSA) is 237 Å². The van der Waals surface area contributed by atoms with Crippen molar-refractivity contribution < 1.29 is 80.2 Å². The Balaban J connectivity index is 5.43. The van der Waals surface area contributed by atoms with E-state index in [1.165, 1.54) is 70.6 Å². The van der Waals surface area contributed by atoms with Crippen molar-refractivity contribution in [3.05, 3.63) is 134 Å². The summed E-state index contributed by atoms with van der Waals surface area (Å²) in [6.07, 6.45) is 83.0. The van der Waals surface area contributed by atoms with Crippen LogP contribution in [0.15, 0.2) is 134 Å². The van der Waals surface area contributed by atoms with Gasteiger partial charge in [-0.15, -0.1) is 0 Å². The first kappa shape index (κ1) is 97.2. The van der Waals surface area contributed by atoms with Crippen molar-refractivity contribution in [2.24, 2.45) is 0 Å². The van der Waals surface area contributed by atoms with Crippen molar-refractivity contribution in [1.29, 1.82) is 0 Å². The van der Waals surface area contributed by atoms with Crippen LogP contribution in [0.1, 0.15) is 310 Å². The zero-order chi connectivity index (χ0) is 74.6. The molecule has 5 unspecified atom stereocenters. The maximum atomic E-state index is 13.1. The number of phosphoric ester groups is 2. The van der Waals surface area contributed by atoms with E-state index in [0.717, 1.165) is 154 Å². The van der Waals surface area contributed by atoms with E-state index >= 15 is 0 Å². The van der Waals surface area contributed by atoms with Gasteiger partial charge in [0.1, 0.15) is 19.3 Å². The van der Waals surface area contributed by atoms with Gasteiger partial charge in [-0.25, -0.2) is 9.13 Å². The van der Waals surface area contributed by atoms with Crippen LogP contribution in [0.2, 0.25) is 0 Å². The van der Waals surface area contributed by atoms with Gasteiger partial charge in [-0.1, -0.05) is 290 Å². The summed E-state index contributed by atoms with van der Waals surface area (Å²) >= 11 is 0. The molecule has 0 aliphatic heterocycles. The van der Waals surface area contributed by atoms with Crippen molar-refractivity contribution >= 4 is 39.5 Å². The molecule has 0 aromatic carbocycles. The van der Waals surface area contributed by atoms with E-state index in [1.807, 2.05) is 18.2 Å². The van der Waals surface area contributed by atoms with Gasteiger partial charge in [-0.05, 0) is 128 Å². The highest BCUT2D eigenvalue weighted by Crippen LogP contribution is 2.45. The number of aliphatic hydroxyl groups is 1. The van der Waals surface area contributed by atoms with Crippen LogP contribution in [0.3, 0.4) is 0 Å². The van der Waals surface area contributed by atoms with E-state index < -0.39 is 97.5 Å². The minimum Gasteiger partial charge on any atom is -0.462 e. The number of esters is 4. The number of unbranched alkanes of at least 4 members (excludes halogenated alkanes) is 25. The van der Waals surface area contributed by atoms with Crippen molar-refractivity contribution in [1.82, 2.24) is 0 Å². The van der Waals surface area contributed by atoms with Crippen LogP contribution in [0.4, 0.5) is 0 Å². The SMILES string of the molecule is CC/C=C\C/C=C\C/C=C\C/C=C\C/C=C\C/C=C\CCC(=O)OCC(COP(=O)(O)OCC(O)COP(=O)(O)OCC(COC(=O)CCCCCCC/C=C\C/C=C\C/C=C\CC)OC(=O)CCCCCCC/C=C\C/C=C\CCCCC)OC(=O)CCCCCCCCCCCCCCC. The Bertz CT molecular complexity index is 2460. The summed E-state index contributed by atoms with van der Waals surface area (Å²) in [6, 6.07) is 0. The molecule has 0 aliphatic rings. The molecule has 0 saturated heterocycles. The second-order valence-corrected chi connectivity index (χ2v) is 28.8. The fourth-order valence-electron chi connectivity index (χ4n) is 10.2. The van der Waals surface area contributed by atoms with Crippen molar-refractivity contribution in [3.8, 4) is 0 Å². The number of aliphatic hydroxyl groups excluding tert-OH is 1. The lowest BCUT2D eigenvalue weighted by molar-refractivity contribution is -0.161. The number of ether oxygens (including phenoxy) is 4. The van der Waals surface area contributed by atoms with Gasteiger partial charge in [-0.3, -0.25) is 37.3 Å². The number of phosphoric acid groups is 2. The standard InChI is InChI=1S/C83H140O17P2/c1-5-9-13-17-21-25-29-33-36-37-38-39-42-45-48-52-56-60-64-68-81(86)94-73-78(99-82(87)69-65-61-57-53-49-43-32-28-24-20-16-12-8-4)75-97-101(89,90)95-71-77(84)72-96-102(91,92)98-76-79(100-83(88)70-66-62-58-54-50-46-41-35-31-27-23-19-15-11-7-3)74-93-80(85)67-63-59-55-51-47-44-40-34-30-26-22-18-14-10-6-2/h9-10,13-14,21-23,25-27,33-36,38-41,45,48,56,60,77-79,84H,5-8,11-12,15-20,24,28-32,37,42-44,46-47,49-55,57-59,61-76H2,1-4H3,(H,89,90)(H,91,92)/b13-9-,14-10-,25-21-,26-22-,27-23-,36-33-,39-38-,40-34-,41-35-,48-45-,60-56-. The van der Waals surface area contributed by atoms with E-state index in [2.05, 4.69) is 143 Å². The summed E-state index contributed by atoms with van der Waals surface area (Å²) < 4.78 is 68.5. The van der Waals surface area contributed by atoms with Crippen molar-refractivity contribution in [3.63, 3.8) is 0 Å². The van der Waals surface area contributed by atoms with Gasteiger partial charge >= 0.3 is 39.5 Å². The molecule has 0 heterocycles. The molecular formula is C83H140O17P2. The van der Waals surface area contributed by atoms with E-state index in [-0.39, 0.29) is 25.7 Å². The first-order valence-electron chi connectivity index (χ1n) is 39.4. The molecule has 19 heteroatoms.